The molecule has 2 atom stereocenters. The van der Waals surface area contributed by atoms with Crippen LogP contribution in [0.5, 0.6) is 0 Å². The van der Waals surface area contributed by atoms with Gasteiger partial charge in [-0.2, -0.15) is 0 Å². The summed E-state index contributed by atoms with van der Waals surface area (Å²) in [6.07, 6.45) is 1.01. The molecular formula is C10H23FN2. The van der Waals surface area contributed by atoms with Crippen molar-refractivity contribution in [2.45, 2.75) is 46.2 Å². The number of nitrogens with one attached hydrogen (secondary N) is 1. The SMILES string of the molecule is CCC(CN(C)F)C(C)NC(C)C. The summed E-state index contributed by atoms with van der Waals surface area (Å²) in [5, 5.41) is 4.18. The minimum Gasteiger partial charge on any atom is -0.312 e. The highest BCUT2D eigenvalue weighted by Crippen LogP contribution is 2.10. The fourth-order valence-electron chi connectivity index (χ4n) is 1.63. The van der Waals surface area contributed by atoms with Gasteiger partial charge in [-0.1, -0.05) is 27.2 Å². The third-order valence-electron chi connectivity index (χ3n) is 2.31. The normalized spacial score (nSPS) is 16.6. The Labute approximate surface area is 81.4 Å². The van der Waals surface area contributed by atoms with Crippen molar-refractivity contribution in [1.82, 2.24) is 10.4 Å². The second-order valence-corrected chi connectivity index (χ2v) is 4.07. The van der Waals surface area contributed by atoms with Gasteiger partial charge >= 0.3 is 0 Å². The molecule has 0 spiro atoms. The van der Waals surface area contributed by atoms with E-state index in [0.717, 1.165) is 11.5 Å². The van der Waals surface area contributed by atoms with E-state index in [1.807, 2.05) is 0 Å². The van der Waals surface area contributed by atoms with Crippen molar-refractivity contribution < 1.29 is 4.48 Å². The van der Waals surface area contributed by atoms with E-state index in [0.29, 0.717) is 24.5 Å². The Balaban J connectivity index is 3.91. The number of hydrogen-bond acceptors (Lipinski definition) is 2. The van der Waals surface area contributed by atoms with Gasteiger partial charge in [-0.05, 0) is 12.8 Å². The quantitative estimate of drug-likeness (QED) is 0.646. The molecule has 0 fully saturated rings. The van der Waals surface area contributed by atoms with Gasteiger partial charge in [-0.15, -0.1) is 9.60 Å². The second-order valence-electron chi connectivity index (χ2n) is 4.07. The van der Waals surface area contributed by atoms with Crippen molar-refractivity contribution in [3.63, 3.8) is 0 Å². The van der Waals surface area contributed by atoms with Crippen molar-refractivity contribution in [3.8, 4) is 0 Å². The van der Waals surface area contributed by atoms with E-state index < -0.39 is 0 Å². The zero-order valence-electron chi connectivity index (χ0n) is 9.47. The van der Waals surface area contributed by atoms with Gasteiger partial charge in [0.05, 0.1) is 0 Å². The zero-order chi connectivity index (χ0) is 10.4. The molecule has 0 amide bonds. The summed E-state index contributed by atoms with van der Waals surface area (Å²) >= 11 is 0. The highest BCUT2D eigenvalue weighted by atomic mass is 19.2. The minimum absolute atomic E-state index is 0.378. The Kier molecular flexibility index (Phi) is 6.25. The van der Waals surface area contributed by atoms with E-state index >= 15 is 0 Å². The van der Waals surface area contributed by atoms with Crippen molar-refractivity contribution in [1.29, 1.82) is 0 Å². The van der Waals surface area contributed by atoms with Crippen LogP contribution < -0.4 is 5.32 Å². The van der Waals surface area contributed by atoms with Crippen LogP contribution in [-0.2, 0) is 0 Å². The first-order valence-electron chi connectivity index (χ1n) is 5.10. The first-order valence-corrected chi connectivity index (χ1v) is 5.10. The molecule has 80 valence electrons. The summed E-state index contributed by atoms with van der Waals surface area (Å²) in [4.78, 5) is 0. The largest absolute Gasteiger partial charge is 0.312 e. The molecule has 0 saturated carbocycles. The first-order chi connectivity index (χ1) is 5.97. The Morgan fingerprint density at radius 3 is 2.15 bits per heavy atom. The fourth-order valence-corrected chi connectivity index (χ4v) is 1.63. The Morgan fingerprint density at radius 1 is 1.31 bits per heavy atom. The van der Waals surface area contributed by atoms with Crippen molar-refractivity contribution in [2.24, 2.45) is 5.92 Å². The summed E-state index contributed by atoms with van der Waals surface area (Å²) < 4.78 is 12.6. The standard InChI is InChI=1S/C10H23FN2/c1-6-10(7-13(5)11)9(4)12-8(2)3/h8-10,12H,6-7H2,1-5H3. The molecule has 0 aliphatic heterocycles. The molecule has 0 aliphatic carbocycles. The average Bonchev–Trinajstić information content (AvgIpc) is 1.98. The second kappa shape index (κ2) is 6.33. The summed E-state index contributed by atoms with van der Waals surface area (Å²) in [6.45, 7) is 8.96. The monoisotopic (exact) mass is 190 g/mol. The van der Waals surface area contributed by atoms with Gasteiger partial charge in [-0.25, -0.2) is 0 Å². The third kappa shape index (κ3) is 5.99. The van der Waals surface area contributed by atoms with Crippen LogP contribution in [-0.4, -0.2) is 30.8 Å². The molecule has 0 aromatic rings. The summed E-state index contributed by atoms with van der Waals surface area (Å²) in [5.41, 5.74) is 0. The van der Waals surface area contributed by atoms with E-state index in [4.69, 9.17) is 0 Å². The van der Waals surface area contributed by atoms with Crippen LogP contribution in [0.2, 0.25) is 0 Å². The van der Waals surface area contributed by atoms with E-state index in [-0.39, 0.29) is 0 Å². The van der Waals surface area contributed by atoms with Crippen molar-refractivity contribution >= 4 is 0 Å². The number of halogens is 1. The van der Waals surface area contributed by atoms with Crippen LogP contribution in [0.3, 0.4) is 0 Å². The molecule has 0 saturated heterocycles. The molecule has 2 unspecified atom stereocenters. The Bertz CT molecular complexity index is 126. The Hall–Kier alpha value is -0.150. The summed E-state index contributed by atoms with van der Waals surface area (Å²) in [6, 6.07) is 0.845. The van der Waals surface area contributed by atoms with Crippen molar-refractivity contribution in [3.05, 3.63) is 0 Å². The van der Waals surface area contributed by atoms with Crippen LogP contribution >= 0.6 is 0 Å². The molecule has 0 radical (unpaired) electrons. The van der Waals surface area contributed by atoms with Gasteiger partial charge in [0.1, 0.15) is 0 Å². The lowest BCUT2D eigenvalue weighted by atomic mass is 9.97. The molecule has 0 bridgehead atoms. The van der Waals surface area contributed by atoms with Gasteiger partial charge in [0.25, 0.3) is 0 Å². The lowest BCUT2D eigenvalue weighted by Crippen LogP contribution is -2.41. The average molecular weight is 190 g/mol. The van der Waals surface area contributed by atoms with Gasteiger partial charge < -0.3 is 5.32 Å². The molecule has 0 aromatic carbocycles. The van der Waals surface area contributed by atoms with Crippen LogP contribution in [0.1, 0.15) is 34.1 Å². The number of hydrogen-bond donors (Lipinski definition) is 1. The molecule has 0 aliphatic rings. The molecule has 1 N–H and O–H groups in total. The van der Waals surface area contributed by atoms with Crippen LogP contribution in [0.25, 0.3) is 0 Å². The van der Waals surface area contributed by atoms with E-state index in [9.17, 15) is 4.48 Å². The molecule has 2 nitrogen and oxygen atoms in total. The molecule has 0 aromatic heterocycles. The van der Waals surface area contributed by atoms with E-state index in [1.165, 1.54) is 7.05 Å². The topological polar surface area (TPSA) is 15.3 Å². The lowest BCUT2D eigenvalue weighted by Gasteiger charge is -2.26. The lowest BCUT2D eigenvalue weighted by molar-refractivity contribution is 0.0332. The summed E-state index contributed by atoms with van der Waals surface area (Å²) in [7, 11) is 1.48. The maximum Gasteiger partial charge on any atom is 0.0330 e. The molecule has 0 rings (SSSR count). The van der Waals surface area contributed by atoms with E-state index in [2.05, 4.69) is 33.0 Å². The fraction of sp³-hybridized carbons (Fsp3) is 1.00. The molecule has 3 heteroatoms. The smallest absolute Gasteiger partial charge is 0.0330 e. The maximum absolute atomic E-state index is 12.6. The first kappa shape index (κ1) is 12.8. The molecule has 13 heavy (non-hydrogen) atoms. The summed E-state index contributed by atoms with van der Waals surface area (Å²) in [5.74, 6) is 0.386. The van der Waals surface area contributed by atoms with Crippen LogP contribution in [0.15, 0.2) is 0 Å². The van der Waals surface area contributed by atoms with Gasteiger partial charge in [0, 0.05) is 25.7 Å². The maximum atomic E-state index is 12.6. The highest BCUT2D eigenvalue weighted by Gasteiger charge is 2.17. The highest BCUT2D eigenvalue weighted by molar-refractivity contribution is 4.73. The van der Waals surface area contributed by atoms with E-state index in [1.54, 1.807) is 0 Å². The number of nitrogens with zero attached hydrogens (tertiary/aromatic N) is 1. The third-order valence-corrected chi connectivity index (χ3v) is 2.31. The van der Waals surface area contributed by atoms with Gasteiger partial charge in [0.2, 0.25) is 0 Å². The van der Waals surface area contributed by atoms with Gasteiger partial charge in [-0.3, -0.25) is 0 Å². The molecule has 0 heterocycles. The predicted octanol–water partition coefficient (Wildman–Crippen LogP) is 2.22. The number of rotatable bonds is 6. The van der Waals surface area contributed by atoms with Gasteiger partial charge in [0.15, 0.2) is 0 Å². The Morgan fingerprint density at radius 2 is 1.85 bits per heavy atom. The minimum atomic E-state index is 0.378. The zero-order valence-corrected chi connectivity index (χ0v) is 9.47. The van der Waals surface area contributed by atoms with Crippen molar-refractivity contribution in [2.75, 3.05) is 13.6 Å². The molecular weight excluding hydrogens is 167 g/mol. The predicted molar refractivity (Wildman–Crippen MR) is 55.3 cm³/mol. The van der Waals surface area contributed by atoms with Crippen LogP contribution in [0, 0.1) is 5.92 Å². The van der Waals surface area contributed by atoms with Crippen LogP contribution in [0.4, 0.5) is 4.48 Å².